The third kappa shape index (κ3) is 5.45. The maximum Gasteiger partial charge on any atom is 0.441 e. The van der Waals surface area contributed by atoms with Crippen molar-refractivity contribution < 1.29 is 27.9 Å². The van der Waals surface area contributed by atoms with Gasteiger partial charge < -0.3 is 10.0 Å². The molecule has 1 amide bonds. The molecule has 1 aliphatic heterocycles. The van der Waals surface area contributed by atoms with Crippen LogP contribution in [0.3, 0.4) is 0 Å². The lowest BCUT2D eigenvalue weighted by atomic mass is 9.93. The van der Waals surface area contributed by atoms with Gasteiger partial charge in [0.05, 0.1) is 10.3 Å². The monoisotopic (exact) mass is 507 g/mol. The number of halogens is 3. The highest BCUT2D eigenvalue weighted by Gasteiger charge is 2.30. The van der Waals surface area contributed by atoms with Crippen LogP contribution >= 0.6 is 23.1 Å². The minimum absolute atomic E-state index is 0.0110. The second kappa shape index (κ2) is 9.92. The van der Waals surface area contributed by atoms with Crippen LogP contribution < -0.4 is 11.2 Å². The first-order valence-electron chi connectivity index (χ1n) is 10.4. The first-order chi connectivity index (χ1) is 15.4. The molecule has 0 bridgehead atoms. The number of carbonyl (C=O) groups excluding carboxylic acids is 1. The summed E-state index contributed by atoms with van der Waals surface area (Å²) in [7, 11) is 0. The zero-order valence-corrected chi connectivity index (χ0v) is 19.7. The average molecular weight is 508 g/mol. The van der Waals surface area contributed by atoms with Crippen LogP contribution in [-0.4, -0.2) is 55.4 Å². The zero-order valence-electron chi connectivity index (χ0n) is 18.1. The predicted octanol–water partition coefficient (Wildman–Crippen LogP) is 3.13. The first-order valence-corrected chi connectivity index (χ1v) is 12.2. The normalized spacial score (nSPS) is 15.4. The number of aliphatic carboxylic acids is 1. The summed E-state index contributed by atoms with van der Waals surface area (Å²) in [6.07, 6.45) is 1.14. The van der Waals surface area contributed by atoms with Crippen LogP contribution in [-0.2, 0) is 17.9 Å². The summed E-state index contributed by atoms with van der Waals surface area (Å²) in [4.78, 5) is 51.9. The smallest absolute Gasteiger partial charge is 0.441 e. The van der Waals surface area contributed by atoms with Crippen LogP contribution in [0.2, 0.25) is 0 Å². The lowest BCUT2D eigenvalue weighted by Crippen LogP contribution is -2.39. The highest BCUT2D eigenvalue weighted by Crippen LogP contribution is 2.32. The Morgan fingerprint density at radius 3 is 2.36 bits per heavy atom. The van der Waals surface area contributed by atoms with E-state index in [0.717, 1.165) is 20.5 Å². The van der Waals surface area contributed by atoms with Crippen molar-refractivity contribution in [3.05, 3.63) is 31.3 Å². The fourth-order valence-corrected chi connectivity index (χ4v) is 5.85. The predicted molar refractivity (Wildman–Crippen MR) is 120 cm³/mol. The number of aromatic nitrogens is 2. The standard InChI is InChI=1S/C20H24F3N3O5S2/c1-3-25-16(29)14-11(2)15(17(30)24-6-4-12(5-7-24)10-13(27)28)33-18(14)26(19(25)31)8-9-32-20(21,22)23/h12H,3-10H2,1-2H3,(H,27,28). The van der Waals surface area contributed by atoms with Crippen molar-refractivity contribution in [2.24, 2.45) is 5.92 Å². The molecule has 2 aromatic heterocycles. The molecular formula is C20H24F3N3O5S2. The fourth-order valence-electron chi connectivity index (χ4n) is 4.06. The second-order valence-electron chi connectivity index (χ2n) is 7.85. The number of thioether (sulfide) groups is 1. The van der Waals surface area contributed by atoms with Crippen LogP contribution in [0.25, 0.3) is 10.2 Å². The molecule has 0 atom stereocenters. The number of carbonyl (C=O) groups is 2. The number of fused-ring (bicyclic) bond motifs is 1. The Kier molecular flexibility index (Phi) is 7.62. The van der Waals surface area contributed by atoms with Gasteiger partial charge in [-0.05, 0) is 49.9 Å². The van der Waals surface area contributed by atoms with Gasteiger partial charge in [-0.3, -0.25) is 23.5 Å². The van der Waals surface area contributed by atoms with Crippen molar-refractivity contribution in [3.8, 4) is 0 Å². The van der Waals surface area contributed by atoms with Gasteiger partial charge in [0, 0.05) is 38.4 Å². The molecule has 2 aromatic rings. The molecule has 0 aliphatic carbocycles. The van der Waals surface area contributed by atoms with Gasteiger partial charge in [-0.2, -0.15) is 13.2 Å². The number of hydrogen-bond donors (Lipinski definition) is 1. The van der Waals surface area contributed by atoms with E-state index < -0.39 is 28.5 Å². The Morgan fingerprint density at radius 2 is 1.82 bits per heavy atom. The van der Waals surface area contributed by atoms with Crippen LogP contribution in [0.4, 0.5) is 13.2 Å². The Hall–Kier alpha value is -2.28. The molecule has 1 aliphatic rings. The third-order valence-corrected chi connectivity index (χ3v) is 7.77. The van der Waals surface area contributed by atoms with E-state index in [2.05, 4.69) is 0 Å². The SMILES string of the molecule is CCn1c(=O)c2c(C)c(C(=O)N3CCC(CC(=O)O)CC3)sc2n(CCSC(F)(F)F)c1=O. The highest BCUT2D eigenvalue weighted by molar-refractivity contribution is 8.00. The molecule has 0 saturated carbocycles. The Balaban J connectivity index is 1.97. The van der Waals surface area contributed by atoms with E-state index in [4.69, 9.17) is 5.11 Å². The van der Waals surface area contributed by atoms with E-state index >= 15 is 0 Å². The molecule has 33 heavy (non-hydrogen) atoms. The molecule has 182 valence electrons. The van der Waals surface area contributed by atoms with Crippen LogP contribution in [0, 0.1) is 12.8 Å². The van der Waals surface area contributed by atoms with Crippen molar-refractivity contribution in [3.63, 3.8) is 0 Å². The number of nitrogens with zero attached hydrogens (tertiary/aromatic N) is 3. The number of hydrogen-bond acceptors (Lipinski definition) is 6. The molecule has 3 heterocycles. The summed E-state index contributed by atoms with van der Waals surface area (Å²) in [6, 6.07) is 0. The summed E-state index contributed by atoms with van der Waals surface area (Å²) in [6.45, 7) is 3.74. The Bertz CT molecular complexity index is 1180. The van der Waals surface area contributed by atoms with Crippen LogP contribution in [0.1, 0.15) is 41.4 Å². The van der Waals surface area contributed by atoms with E-state index in [1.54, 1.807) is 18.7 Å². The summed E-state index contributed by atoms with van der Waals surface area (Å²) in [5.74, 6) is -1.62. The second-order valence-corrected chi connectivity index (χ2v) is 10.0. The molecule has 0 aromatic carbocycles. The molecule has 0 radical (unpaired) electrons. The van der Waals surface area contributed by atoms with Crippen molar-refractivity contribution in [2.45, 2.75) is 51.7 Å². The number of rotatable bonds is 7. The van der Waals surface area contributed by atoms with Gasteiger partial charge in [0.25, 0.3) is 11.5 Å². The number of thiophene rings is 1. The maximum absolute atomic E-state index is 13.2. The number of likely N-dealkylation sites (tertiary alicyclic amines) is 1. The number of carboxylic acids is 1. The average Bonchev–Trinajstić information content (AvgIpc) is 3.07. The fraction of sp³-hybridized carbons (Fsp3) is 0.600. The highest BCUT2D eigenvalue weighted by atomic mass is 32.2. The van der Waals surface area contributed by atoms with E-state index in [9.17, 15) is 32.3 Å². The lowest BCUT2D eigenvalue weighted by Gasteiger charge is -2.31. The Morgan fingerprint density at radius 1 is 1.18 bits per heavy atom. The largest absolute Gasteiger partial charge is 0.481 e. The van der Waals surface area contributed by atoms with E-state index in [-0.39, 0.29) is 58.2 Å². The molecule has 1 N–H and O–H groups in total. The van der Waals surface area contributed by atoms with Gasteiger partial charge >= 0.3 is 17.2 Å². The Labute approximate surface area is 195 Å². The van der Waals surface area contributed by atoms with Crippen molar-refractivity contribution in [1.29, 1.82) is 0 Å². The van der Waals surface area contributed by atoms with Gasteiger partial charge in [-0.1, -0.05) is 0 Å². The molecule has 0 unspecified atom stereocenters. The minimum Gasteiger partial charge on any atom is -0.481 e. The molecule has 3 rings (SSSR count). The summed E-state index contributed by atoms with van der Waals surface area (Å²) < 4.78 is 39.9. The molecule has 0 spiro atoms. The number of amides is 1. The zero-order chi connectivity index (χ0) is 24.5. The quantitative estimate of drug-likeness (QED) is 0.618. The van der Waals surface area contributed by atoms with Crippen molar-refractivity contribution in [1.82, 2.24) is 14.0 Å². The first kappa shape index (κ1) is 25.3. The van der Waals surface area contributed by atoms with Crippen molar-refractivity contribution >= 4 is 45.2 Å². The van der Waals surface area contributed by atoms with Gasteiger partial charge in [-0.25, -0.2) is 4.79 Å². The molecular weight excluding hydrogens is 483 g/mol. The summed E-state index contributed by atoms with van der Waals surface area (Å²) in [5, 5.41) is 9.13. The molecule has 13 heteroatoms. The van der Waals surface area contributed by atoms with Gasteiger partial charge in [0.15, 0.2) is 0 Å². The minimum atomic E-state index is -4.44. The van der Waals surface area contributed by atoms with Crippen LogP contribution in [0.15, 0.2) is 9.59 Å². The van der Waals surface area contributed by atoms with Crippen molar-refractivity contribution in [2.75, 3.05) is 18.8 Å². The van der Waals surface area contributed by atoms with E-state index in [1.807, 2.05) is 0 Å². The maximum atomic E-state index is 13.2. The number of piperidine rings is 1. The number of carboxylic acid groups (broad SMARTS) is 1. The van der Waals surface area contributed by atoms with E-state index in [1.165, 1.54) is 0 Å². The van der Waals surface area contributed by atoms with Gasteiger partial charge in [0.1, 0.15) is 4.83 Å². The lowest BCUT2D eigenvalue weighted by molar-refractivity contribution is -0.138. The van der Waals surface area contributed by atoms with Gasteiger partial charge in [-0.15, -0.1) is 11.3 Å². The molecule has 1 saturated heterocycles. The van der Waals surface area contributed by atoms with E-state index in [0.29, 0.717) is 31.5 Å². The molecule has 8 nitrogen and oxygen atoms in total. The summed E-state index contributed by atoms with van der Waals surface area (Å²) in [5.41, 5.74) is -5.31. The number of aryl methyl sites for hydroxylation is 2. The number of alkyl halides is 3. The molecule has 1 fully saturated rings. The topological polar surface area (TPSA) is 102 Å². The van der Waals surface area contributed by atoms with Gasteiger partial charge in [0.2, 0.25) is 0 Å². The third-order valence-electron chi connectivity index (χ3n) is 5.75. The van der Waals surface area contributed by atoms with Crippen LogP contribution in [0.5, 0.6) is 0 Å². The summed E-state index contributed by atoms with van der Waals surface area (Å²) >= 11 is 0.691.